The van der Waals surface area contributed by atoms with Gasteiger partial charge in [0.15, 0.2) is 6.10 Å². The van der Waals surface area contributed by atoms with E-state index >= 15 is 0 Å². The molecule has 0 aromatic heterocycles. The Morgan fingerprint density at radius 3 is 2.37 bits per heavy atom. The molecule has 1 heterocycles. The van der Waals surface area contributed by atoms with E-state index in [2.05, 4.69) is 5.32 Å². The second kappa shape index (κ2) is 10.4. The maximum absolute atomic E-state index is 13.8. The number of nitrogens with zero attached hydrogens (tertiary/aromatic N) is 1. The fourth-order valence-electron chi connectivity index (χ4n) is 4.59. The minimum absolute atomic E-state index is 0.121. The number of halogens is 1. The molecule has 0 spiro atoms. The van der Waals surface area contributed by atoms with Gasteiger partial charge in [0.25, 0.3) is 5.91 Å². The van der Waals surface area contributed by atoms with Gasteiger partial charge >= 0.3 is 5.97 Å². The van der Waals surface area contributed by atoms with Crippen LogP contribution in [0.25, 0.3) is 0 Å². The number of rotatable bonds is 7. The van der Waals surface area contributed by atoms with Crippen molar-refractivity contribution in [2.45, 2.75) is 49.0 Å². The summed E-state index contributed by atoms with van der Waals surface area (Å²) in [5.74, 6) is -1.52. The highest BCUT2D eigenvalue weighted by molar-refractivity contribution is 7.89. The molecule has 4 rings (SSSR count). The molecule has 1 saturated carbocycles. The number of sulfonamides is 1. The molecule has 2 aromatic carbocycles. The van der Waals surface area contributed by atoms with Gasteiger partial charge in [0.05, 0.1) is 23.5 Å². The zero-order valence-electron chi connectivity index (χ0n) is 19.5. The van der Waals surface area contributed by atoms with Crippen LogP contribution in [0.5, 0.6) is 0 Å². The van der Waals surface area contributed by atoms with Gasteiger partial charge < -0.3 is 14.8 Å². The van der Waals surface area contributed by atoms with Crippen LogP contribution < -0.4 is 5.32 Å². The quantitative estimate of drug-likeness (QED) is 0.581. The van der Waals surface area contributed by atoms with Gasteiger partial charge in [-0.05, 0) is 61.7 Å². The van der Waals surface area contributed by atoms with Crippen molar-refractivity contribution in [1.82, 2.24) is 4.31 Å². The molecule has 1 aliphatic carbocycles. The van der Waals surface area contributed by atoms with Crippen molar-refractivity contribution in [3.8, 4) is 0 Å². The van der Waals surface area contributed by atoms with Crippen LogP contribution in [0.2, 0.25) is 0 Å². The number of carbonyl (C=O) groups excluding carboxylic acids is 2. The molecule has 8 nitrogen and oxygen atoms in total. The number of esters is 1. The molecule has 1 amide bonds. The van der Waals surface area contributed by atoms with Crippen LogP contribution in [-0.4, -0.2) is 57.0 Å². The summed E-state index contributed by atoms with van der Waals surface area (Å²) in [6.07, 6.45) is 1.59. The van der Waals surface area contributed by atoms with Gasteiger partial charge in [-0.25, -0.2) is 12.8 Å². The third-order valence-electron chi connectivity index (χ3n) is 6.61. The second-order valence-electron chi connectivity index (χ2n) is 8.88. The van der Waals surface area contributed by atoms with Gasteiger partial charge in [-0.2, -0.15) is 4.31 Å². The zero-order chi connectivity index (χ0) is 25.1. The van der Waals surface area contributed by atoms with E-state index in [0.29, 0.717) is 50.4 Å². The first kappa shape index (κ1) is 25.3. The third-order valence-corrected chi connectivity index (χ3v) is 8.52. The number of amides is 1. The molecular weight excluding hydrogens is 475 g/mol. The van der Waals surface area contributed by atoms with Crippen LogP contribution in [0.4, 0.5) is 10.1 Å². The maximum atomic E-state index is 13.8. The molecule has 2 aliphatic rings. The molecule has 1 atom stereocenters. The molecule has 10 heteroatoms. The van der Waals surface area contributed by atoms with E-state index in [0.717, 1.165) is 12.8 Å². The minimum atomic E-state index is -3.64. The molecule has 35 heavy (non-hydrogen) atoms. The Morgan fingerprint density at radius 1 is 1.09 bits per heavy atom. The van der Waals surface area contributed by atoms with Crippen LogP contribution in [0.1, 0.15) is 38.2 Å². The van der Waals surface area contributed by atoms with Gasteiger partial charge in [0.2, 0.25) is 10.0 Å². The molecule has 1 N–H and O–H groups in total. The number of morpholine rings is 1. The van der Waals surface area contributed by atoms with Crippen LogP contribution in [0.15, 0.2) is 53.4 Å². The number of nitrogens with one attached hydrogen (secondary N) is 1. The lowest BCUT2D eigenvalue weighted by atomic mass is 9.79. The highest BCUT2D eigenvalue weighted by Crippen LogP contribution is 2.42. The van der Waals surface area contributed by atoms with E-state index in [-0.39, 0.29) is 4.90 Å². The molecule has 2 aromatic rings. The summed E-state index contributed by atoms with van der Waals surface area (Å²) in [4.78, 5) is 26.0. The summed E-state index contributed by atoms with van der Waals surface area (Å²) >= 11 is 0. The molecule has 0 unspecified atom stereocenters. The number of benzene rings is 2. The lowest BCUT2D eigenvalue weighted by Crippen LogP contribution is -2.40. The summed E-state index contributed by atoms with van der Waals surface area (Å²) in [7, 11) is -3.64. The number of hydrogen-bond donors (Lipinski definition) is 1. The van der Waals surface area contributed by atoms with Crippen molar-refractivity contribution in [3.63, 3.8) is 0 Å². The van der Waals surface area contributed by atoms with Crippen LogP contribution >= 0.6 is 0 Å². The minimum Gasteiger partial charge on any atom is -0.452 e. The van der Waals surface area contributed by atoms with Gasteiger partial charge in [-0.3, -0.25) is 9.59 Å². The third kappa shape index (κ3) is 5.39. The van der Waals surface area contributed by atoms with E-state index in [1.807, 2.05) is 0 Å². The molecule has 0 radical (unpaired) electrons. The molecule has 0 bridgehead atoms. The van der Waals surface area contributed by atoms with Crippen LogP contribution in [0.3, 0.4) is 0 Å². The summed E-state index contributed by atoms with van der Waals surface area (Å²) < 4.78 is 51.4. The van der Waals surface area contributed by atoms with Gasteiger partial charge in [-0.1, -0.05) is 25.0 Å². The first-order chi connectivity index (χ1) is 16.7. The number of anilines is 1. The van der Waals surface area contributed by atoms with Crippen molar-refractivity contribution in [3.05, 3.63) is 59.9 Å². The average Bonchev–Trinajstić information content (AvgIpc) is 3.36. The summed E-state index contributed by atoms with van der Waals surface area (Å²) in [5.41, 5.74) is -0.0317. The van der Waals surface area contributed by atoms with E-state index in [4.69, 9.17) is 9.47 Å². The number of ether oxygens (including phenoxy) is 2. The van der Waals surface area contributed by atoms with E-state index < -0.39 is 39.2 Å². The lowest BCUT2D eigenvalue weighted by molar-refractivity contribution is -0.159. The summed E-state index contributed by atoms with van der Waals surface area (Å²) in [6.45, 7) is 2.76. The van der Waals surface area contributed by atoms with Crippen LogP contribution in [0, 0.1) is 5.82 Å². The predicted octanol–water partition coefficient (Wildman–Crippen LogP) is 3.23. The van der Waals surface area contributed by atoms with Crippen molar-refractivity contribution in [2.75, 3.05) is 31.6 Å². The normalized spacial score (nSPS) is 19.1. The topological polar surface area (TPSA) is 102 Å². The first-order valence-corrected chi connectivity index (χ1v) is 13.1. The van der Waals surface area contributed by atoms with E-state index in [9.17, 15) is 22.4 Å². The fraction of sp³-hybridized carbons (Fsp3) is 0.440. The SMILES string of the molecule is C[C@@H](OC(=O)C1(c2cccc(F)c2)CCCC1)C(=O)Nc1ccc(S(=O)(=O)N2CCOCC2)cc1. The molecular formula is C25H29FN2O6S. The number of hydrogen-bond acceptors (Lipinski definition) is 6. The molecule has 2 fully saturated rings. The zero-order valence-corrected chi connectivity index (χ0v) is 20.4. The van der Waals surface area contributed by atoms with Crippen molar-refractivity contribution in [2.24, 2.45) is 0 Å². The van der Waals surface area contributed by atoms with Crippen molar-refractivity contribution in [1.29, 1.82) is 0 Å². The molecule has 1 saturated heterocycles. The first-order valence-electron chi connectivity index (χ1n) is 11.7. The monoisotopic (exact) mass is 504 g/mol. The standard InChI is InChI=1S/C25H29FN2O6S/c1-18(34-24(30)25(11-2-3-12-25)19-5-4-6-20(26)17-19)23(29)27-21-7-9-22(10-8-21)35(31,32)28-13-15-33-16-14-28/h4-10,17-18H,2-3,11-16H2,1H3,(H,27,29)/t18-/m1/s1. The Bertz CT molecular complexity index is 1170. The van der Waals surface area contributed by atoms with Crippen molar-refractivity contribution < 1.29 is 31.9 Å². The Hall–Kier alpha value is -2.82. The molecule has 1 aliphatic heterocycles. The Morgan fingerprint density at radius 2 is 1.74 bits per heavy atom. The Balaban J connectivity index is 1.40. The molecule has 188 valence electrons. The van der Waals surface area contributed by atoms with Gasteiger partial charge in [-0.15, -0.1) is 0 Å². The second-order valence-corrected chi connectivity index (χ2v) is 10.8. The average molecular weight is 505 g/mol. The smallest absolute Gasteiger partial charge is 0.317 e. The largest absolute Gasteiger partial charge is 0.452 e. The fourth-order valence-corrected chi connectivity index (χ4v) is 6.00. The van der Waals surface area contributed by atoms with E-state index in [1.54, 1.807) is 12.1 Å². The highest BCUT2D eigenvalue weighted by atomic mass is 32.2. The van der Waals surface area contributed by atoms with Gasteiger partial charge in [0.1, 0.15) is 5.82 Å². The summed E-state index contributed by atoms with van der Waals surface area (Å²) in [6, 6.07) is 11.8. The summed E-state index contributed by atoms with van der Waals surface area (Å²) in [5, 5.41) is 2.65. The highest BCUT2D eigenvalue weighted by Gasteiger charge is 2.45. The van der Waals surface area contributed by atoms with Gasteiger partial charge in [0, 0.05) is 18.8 Å². The number of carbonyl (C=O) groups is 2. The lowest BCUT2D eigenvalue weighted by Gasteiger charge is -2.28. The van der Waals surface area contributed by atoms with Crippen molar-refractivity contribution >= 4 is 27.6 Å². The Labute approximate surface area is 204 Å². The maximum Gasteiger partial charge on any atom is 0.317 e. The predicted molar refractivity (Wildman–Crippen MR) is 127 cm³/mol. The van der Waals surface area contributed by atoms with Crippen LogP contribution in [-0.2, 0) is 34.5 Å². The van der Waals surface area contributed by atoms with E-state index in [1.165, 1.54) is 47.6 Å². The Kier molecular flexibility index (Phi) is 7.53.